The van der Waals surface area contributed by atoms with E-state index in [1.54, 1.807) is 0 Å². The van der Waals surface area contributed by atoms with Crippen LogP contribution in [0.4, 0.5) is 0 Å². The zero-order chi connectivity index (χ0) is 16.5. The molecule has 4 nitrogen and oxygen atoms in total. The standard InChI is InChI=1S/C19H26N2O2S/c22-15-5-9-21(10-6-15)17-7-8-20(13-18(17)23)12-16-11-14-3-1-2-4-19(14)24-16/h1-4,11,15,17-18,22-23H,5-10,12-13H2/t17-,18-/m1/s1. The van der Waals surface area contributed by atoms with Crippen molar-refractivity contribution in [1.29, 1.82) is 0 Å². The van der Waals surface area contributed by atoms with E-state index in [-0.39, 0.29) is 18.2 Å². The highest BCUT2D eigenvalue weighted by Crippen LogP contribution is 2.28. The Bertz CT molecular complexity index is 648. The quantitative estimate of drug-likeness (QED) is 0.895. The number of hydrogen-bond acceptors (Lipinski definition) is 5. The lowest BCUT2D eigenvalue weighted by atomic mass is 9.96. The van der Waals surface area contributed by atoms with Gasteiger partial charge in [-0.15, -0.1) is 11.3 Å². The Labute approximate surface area is 147 Å². The molecule has 2 N–H and O–H groups in total. The van der Waals surface area contributed by atoms with Crippen LogP contribution in [0.25, 0.3) is 10.1 Å². The molecule has 1 aromatic carbocycles. The van der Waals surface area contributed by atoms with Gasteiger partial charge in [0.25, 0.3) is 0 Å². The second kappa shape index (κ2) is 7.10. The lowest BCUT2D eigenvalue weighted by Crippen LogP contribution is -2.55. The van der Waals surface area contributed by atoms with Crippen molar-refractivity contribution in [3.63, 3.8) is 0 Å². The Kier molecular flexibility index (Phi) is 4.88. The van der Waals surface area contributed by atoms with Crippen molar-refractivity contribution in [2.45, 2.75) is 44.1 Å². The van der Waals surface area contributed by atoms with Crippen molar-refractivity contribution in [2.24, 2.45) is 0 Å². The van der Waals surface area contributed by atoms with E-state index in [0.29, 0.717) is 0 Å². The minimum Gasteiger partial charge on any atom is -0.393 e. The van der Waals surface area contributed by atoms with Gasteiger partial charge in [0.15, 0.2) is 0 Å². The number of benzene rings is 1. The van der Waals surface area contributed by atoms with Gasteiger partial charge in [-0.3, -0.25) is 9.80 Å². The maximum Gasteiger partial charge on any atom is 0.0822 e. The van der Waals surface area contributed by atoms with Crippen molar-refractivity contribution >= 4 is 21.4 Å². The Morgan fingerprint density at radius 1 is 1.04 bits per heavy atom. The number of nitrogens with zero attached hydrogens (tertiary/aromatic N) is 2. The van der Waals surface area contributed by atoms with Crippen LogP contribution in [0.15, 0.2) is 30.3 Å². The van der Waals surface area contributed by atoms with Gasteiger partial charge < -0.3 is 10.2 Å². The van der Waals surface area contributed by atoms with Gasteiger partial charge in [0.05, 0.1) is 12.2 Å². The minimum atomic E-state index is -0.289. The molecule has 24 heavy (non-hydrogen) atoms. The molecule has 2 saturated heterocycles. The van der Waals surface area contributed by atoms with Crippen molar-refractivity contribution in [3.8, 4) is 0 Å². The molecule has 0 radical (unpaired) electrons. The fraction of sp³-hybridized carbons (Fsp3) is 0.579. The zero-order valence-electron chi connectivity index (χ0n) is 14.0. The molecule has 0 spiro atoms. The van der Waals surface area contributed by atoms with Gasteiger partial charge in [-0.05, 0) is 36.8 Å². The van der Waals surface area contributed by atoms with Gasteiger partial charge in [0.1, 0.15) is 0 Å². The first-order valence-corrected chi connectivity index (χ1v) is 9.81. The number of β-amino-alcohol motifs (C(OH)–C–C–N with tert-alkyl or cyclic N) is 1. The highest BCUT2D eigenvalue weighted by Gasteiger charge is 2.33. The van der Waals surface area contributed by atoms with Crippen molar-refractivity contribution in [2.75, 3.05) is 26.2 Å². The Hall–Kier alpha value is -0.980. The van der Waals surface area contributed by atoms with Crippen LogP contribution in [0.3, 0.4) is 0 Å². The molecular formula is C19H26N2O2S. The molecule has 0 bridgehead atoms. The summed E-state index contributed by atoms with van der Waals surface area (Å²) < 4.78 is 1.34. The molecule has 1 aromatic heterocycles. The van der Waals surface area contributed by atoms with E-state index in [4.69, 9.17) is 0 Å². The van der Waals surface area contributed by atoms with E-state index < -0.39 is 0 Å². The molecule has 4 rings (SSSR count). The van der Waals surface area contributed by atoms with Crippen molar-refractivity contribution in [3.05, 3.63) is 35.2 Å². The van der Waals surface area contributed by atoms with Gasteiger partial charge in [-0.25, -0.2) is 0 Å². The van der Waals surface area contributed by atoms with E-state index in [0.717, 1.165) is 52.0 Å². The third-order valence-corrected chi connectivity index (χ3v) is 6.56. The molecule has 130 valence electrons. The van der Waals surface area contributed by atoms with Crippen molar-refractivity contribution < 1.29 is 10.2 Å². The normalized spacial score (nSPS) is 27.8. The smallest absolute Gasteiger partial charge is 0.0822 e. The summed E-state index contributed by atoms with van der Waals surface area (Å²) in [5.74, 6) is 0. The van der Waals surface area contributed by atoms with Crippen LogP contribution in [0.1, 0.15) is 24.1 Å². The molecular weight excluding hydrogens is 320 g/mol. The van der Waals surface area contributed by atoms with Gasteiger partial charge in [-0.1, -0.05) is 18.2 Å². The molecule has 2 atom stereocenters. The summed E-state index contributed by atoms with van der Waals surface area (Å²) in [6, 6.07) is 11.1. The third-order valence-electron chi connectivity index (χ3n) is 5.45. The summed E-state index contributed by atoms with van der Waals surface area (Å²) in [5.41, 5.74) is 0. The summed E-state index contributed by atoms with van der Waals surface area (Å²) in [7, 11) is 0. The first-order chi connectivity index (χ1) is 11.7. The molecule has 3 heterocycles. The average Bonchev–Trinajstić information content (AvgIpc) is 2.98. The van der Waals surface area contributed by atoms with Crippen LogP contribution in [0.5, 0.6) is 0 Å². The molecule has 5 heteroatoms. The van der Waals surface area contributed by atoms with Gasteiger partial charge in [0, 0.05) is 48.3 Å². The van der Waals surface area contributed by atoms with Crippen LogP contribution in [-0.2, 0) is 6.54 Å². The Morgan fingerprint density at radius 2 is 1.83 bits per heavy atom. The molecule has 2 aliphatic rings. The number of aliphatic hydroxyl groups is 2. The van der Waals surface area contributed by atoms with Crippen LogP contribution in [0, 0.1) is 0 Å². The first kappa shape index (κ1) is 16.5. The van der Waals surface area contributed by atoms with Gasteiger partial charge in [0.2, 0.25) is 0 Å². The molecule has 0 amide bonds. The summed E-state index contributed by atoms with van der Waals surface area (Å²) in [5, 5.41) is 21.6. The second-order valence-corrected chi connectivity index (χ2v) is 8.34. The zero-order valence-corrected chi connectivity index (χ0v) is 14.8. The van der Waals surface area contributed by atoms with E-state index in [9.17, 15) is 10.2 Å². The number of fused-ring (bicyclic) bond motifs is 1. The first-order valence-electron chi connectivity index (χ1n) is 8.99. The van der Waals surface area contributed by atoms with E-state index in [1.165, 1.54) is 15.0 Å². The summed E-state index contributed by atoms with van der Waals surface area (Å²) in [6.45, 7) is 4.55. The largest absolute Gasteiger partial charge is 0.393 e. The molecule has 0 saturated carbocycles. The molecule has 2 aliphatic heterocycles. The summed E-state index contributed by atoms with van der Waals surface area (Å²) in [4.78, 5) is 6.14. The predicted octanol–water partition coefficient (Wildman–Crippen LogP) is 2.29. The summed E-state index contributed by atoms with van der Waals surface area (Å²) >= 11 is 1.86. The van der Waals surface area contributed by atoms with Crippen LogP contribution in [0.2, 0.25) is 0 Å². The Balaban J connectivity index is 1.36. The molecule has 0 aliphatic carbocycles. The number of piperidine rings is 2. The highest BCUT2D eigenvalue weighted by atomic mass is 32.1. The SMILES string of the molecule is OC1CCN([C@@H]2CCN(Cc3cc4ccccc4s3)C[C@H]2O)CC1. The molecule has 2 aromatic rings. The minimum absolute atomic E-state index is 0.147. The highest BCUT2D eigenvalue weighted by molar-refractivity contribution is 7.19. The van der Waals surface area contributed by atoms with Crippen LogP contribution >= 0.6 is 11.3 Å². The van der Waals surface area contributed by atoms with Gasteiger partial charge in [-0.2, -0.15) is 0 Å². The van der Waals surface area contributed by atoms with Crippen LogP contribution < -0.4 is 0 Å². The van der Waals surface area contributed by atoms with Gasteiger partial charge >= 0.3 is 0 Å². The second-order valence-electron chi connectivity index (χ2n) is 7.18. The Morgan fingerprint density at radius 3 is 2.58 bits per heavy atom. The fourth-order valence-corrected chi connectivity index (χ4v) is 5.21. The maximum absolute atomic E-state index is 10.6. The predicted molar refractivity (Wildman–Crippen MR) is 98.3 cm³/mol. The number of thiophene rings is 1. The average molecular weight is 346 g/mol. The number of hydrogen-bond donors (Lipinski definition) is 2. The maximum atomic E-state index is 10.6. The van der Waals surface area contributed by atoms with E-state index in [2.05, 4.69) is 40.1 Å². The topological polar surface area (TPSA) is 46.9 Å². The molecule has 0 unspecified atom stereocenters. The van der Waals surface area contributed by atoms with Crippen molar-refractivity contribution in [1.82, 2.24) is 9.80 Å². The molecule has 2 fully saturated rings. The number of aliphatic hydroxyl groups excluding tert-OH is 2. The number of rotatable bonds is 3. The van der Waals surface area contributed by atoms with E-state index >= 15 is 0 Å². The summed E-state index contributed by atoms with van der Waals surface area (Å²) in [6.07, 6.45) is 2.26. The monoisotopic (exact) mass is 346 g/mol. The fourth-order valence-electron chi connectivity index (χ4n) is 4.11. The van der Waals surface area contributed by atoms with E-state index in [1.807, 2.05) is 11.3 Å². The lowest BCUT2D eigenvalue weighted by molar-refractivity contribution is -0.0353. The number of likely N-dealkylation sites (tertiary alicyclic amines) is 2. The lowest BCUT2D eigenvalue weighted by Gasteiger charge is -2.43. The third kappa shape index (κ3) is 3.51. The van der Waals surface area contributed by atoms with Crippen LogP contribution in [-0.4, -0.2) is 64.4 Å².